The van der Waals surface area contributed by atoms with Crippen LogP contribution in [0.3, 0.4) is 0 Å². The highest BCUT2D eigenvalue weighted by atomic mass is 35.5. The van der Waals surface area contributed by atoms with Gasteiger partial charge in [-0.15, -0.1) is 5.10 Å². The lowest BCUT2D eigenvalue weighted by molar-refractivity contribution is 0.929. The third-order valence-electron chi connectivity index (χ3n) is 3.66. The minimum Gasteiger partial charge on any atom is -0.353 e. The lowest BCUT2D eigenvalue weighted by atomic mass is 10.1. The van der Waals surface area contributed by atoms with E-state index in [-0.39, 0.29) is 0 Å². The average Bonchev–Trinajstić information content (AvgIpc) is 2.59. The summed E-state index contributed by atoms with van der Waals surface area (Å²) in [6.45, 7) is 2.67. The number of anilines is 3. The van der Waals surface area contributed by atoms with Crippen LogP contribution in [0, 0.1) is 6.92 Å². The van der Waals surface area contributed by atoms with E-state index in [1.807, 2.05) is 43.3 Å². The van der Waals surface area contributed by atoms with E-state index < -0.39 is 0 Å². The maximum absolute atomic E-state index is 6.18. The first kappa shape index (κ1) is 17.5. The molecule has 0 aliphatic carbocycles. The molecule has 0 aliphatic rings. The molecule has 0 saturated heterocycles. The fraction of sp³-hybridized carbons (Fsp3) is 0.167. The number of rotatable bonds is 6. The zero-order valence-corrected chi connectivity index (χ0v) is 15.1. The molecule has 0 saturated carbocycles. The van der Waals surface area contributed by atoms with Crippen LogP contribution in [0.4, 0.5) is 17.5 Å². The van der Waals surface area contributed by atoms with Crippen molar-refractivity contribution in [2.24, 2.45) is 0 Å². The van der Waals surface area contributed by atoms with E-state index in [4.69, 9.17) is 23.2 Å². The van der Waals surface area contributed by atoms with E-state index >= 15 is 0 Å². The molecule has 25 heavy (non-hydrogen) atoms. The molecule has 3 rings (SSSR count). The molecule has 7 heteroatoms. The third-order valence-corrected chi connectivity index (χ3v) is 4.25. The number of hydrogen-bond donors (Lipinski definition) is 2. The van der Waals surface area contributed by atoms with Crippen LogP contribution >= 0.6 is 23.2 Å². The molecule has 0 aliphatic heterocycles. The second kappa shape index (κ2) is 8.14. The van der Waals surface area contributed by atoms with Crippen LogP contribution in [0.15, 0.2) is 48.7 Å². The van der Waals surface area contributed by atoms with Gasteiger partial charge in [0.25, 0.3) is 0 Å². The average molecular weight is 374 g/mol. The highest BCUT2D eigenvalue weighted by Gasteiger charge is 2.04. The molecular weight excluding hydrogens is 357 g/mol. The lowest BCUT2D eigenvalue weighted by Crippen LogP contribution is -2.10. The molecule has 1 heterocycles. The molecular formula is C18H17Cl2N5. The topological polar surface area (TPSA) is 62.7 Å². The summed E-state index contributed by atoms with van der Waals surface area (Å²) >= 11 is 12.1. The number of aryl methyl sites for hydroxylation is 1. The summed E-state index contributed by atoms with van der Waals surface area (Å²) in [7, 11) is 0. The van der Waals surface area contributed by atoms with Crippen LogP contribution in [-0.4, -0.2) is 21.7 Å². The van der Waals surface area contributed by atoms with Crippen molar-refractivity contribution in [1.82, 2.24) is 15.2 Å². The first-order chi connectivity index (χ1) is 12.1. The molecule has 0 atom stereocenters. The minimum absolute atomic E-state index is 0.462. The Kier molecular flexibility index (Phi) is 5.68. The van der Waals surface area contributed by atoms with Gasteiger partial charge < -0.3 is 10.6 Å². The van der Waals surface area contributed by atoms with Crippen molar-refractivity contribution in [2.45, 2.75) is 13.3 Å². The van der Waals surface area contributed by atoms with Gasteiger partial charge >= 0.3 is 0 Å². The Morgan fingerprint density at radius 1 is 1.08 bits per heavy atom. The number of nitrogens with one attached hydrogen (secondary N) is 2. The molecule has 0 spiro atoms. The molecule has 0 unspecified atom stereocenters. The van der Waals surface area contributed by atoms with Gasteiger partial charge in [-0.1, -0.05) is 47.5 Å². The van der Waals surface area contributed by atoms with Crippen molar-refractivity contribution in [3.63, 3.8) is 0 Å². The van der Waals surface area contributed by atoms with Crippen molar-refractivity contribution in [3.8, 4) is 0 Å². The van der Waals surface area contributed by atoms with E-state index in [1.54, 1.807) is 12.3 Å². The predicted molar refractivity (Wildman–Crippen MR) is 103 cm³/mol. The number of halogens is 2. The molecule has 0 fully saturated rings. The summed E-state index contributed by atoms with van der Waals surface area (Å²) in [6, 6.07) is 13.5. The Morgan fingerprint density at radius 3 is 2.72 bits per heavy atom. The second-order valence-electron chi connectivity index (χ2n) is 5.52. The Hall–Kier alpha value is -2.37. The van der Waals surface area contributed by atoms with Gasteiger partial charge in [-0.05, 0) is 42.7 Å². The van der Waals surface area contributed by atoms with Crippen LogP contribution in [-0.2, 0) is 6.42 Å². The summed E-state index contributed by atoms with van der Waals surface area (Å²) in [6.07, 6.45) is 2.32. The van der Waals surface area contributed by atoms with E-state index in [0.717, 1.165) is 23.2 Å². The predicted octanol–water partition coefficient (Wildman–Crippen LogP) is 4.89. The van der Waals surface area contributed by atoms with Gasteiger partial charge in [-0.3, -0.25) is 0 Å². The summed E-state index contributed by atoms with van der Waals surface area (Å²) in [5, 5.41) is 15.7. The van der Waals surface area contributed by atoms with Crippen molar-refractivity contribution in [1.29, 1.82) is 0 Å². The largest absolute Gasteiger partial charge is 0.353 e. The summed E-state index contributed by atoms with van der Waals surface area (Å²) < 4.78 is 0. The van der Waals surface area contributed by atoms with E-state index in [0.29, 0.717) is 28.4 Å². The summed E-state index contributed by atoms with van der Waals surface area (Å²) in [4.78, 5) is 4.43. The molecule has 0 radical (unpaired) electrons. The van der Waals surface area contributed by atoms with Gasteiger partial charge in [0.05, 0.1) is 6.20 Å². The minimum atomic E-state index is 0.462. The van der Waals surface area contributed by atoms with Crippen LogP contribution in [0.2, 0.25) is 10.0 Å². The zero-order chi connectivity index (χ0) is 17.6. The zero-order valence-electron chi connectivity index (χ0n) is 13.6. The molecule has 3 aromatic rings. The molecule has 128 valence electrons. The maximum atomic E-state index is 6.18. The number of benzene rings is 2. The standard InChI is InChI=1S/C18H17Cl2N5/c1-12-4-2-3-5-16(12)23-17-11-22-25-18(24-17)21-9-8-13-6-7-14(19)10-15(13)20/h2-7,10-11H,8-9H2,1H3,(H2,21,23,24,25). The van der Waals surface area contributed by atoms with E-state index in [1.165, 1.54) is 0 Å². The third kappa shape index (κ3) is 4.81. The number of hydrogen-bond acceptors (Lipinski definition) is 5. The Balaban J connectivity index is 1.61. The summed E-state index contributed by atoms with van der Waals surface area (Å²) in [5.41, 5.74) is 3.13. The van der Waals surface area contributed by atoms with Gasteiger partial charge in [0, 0.05) is 22.3 Å². The monoisotopic (exact) mass is 373 g/mol. The molecule has 2 aromatic carbocycles. The van der Waals surface area contributed by atoms with Crippen LogP contribution in [0.5, 0.6) is 0 Å². The van der Waals surface area contributed by atoms with Gasteiger partial charge in [-0.25, -0.2) is 0 Å². The van der Waals surface area contributed by atoms with Crippen molar-refractivity contribution in [3.05, 3.63) is 69.8 Å². The molecule has 0 bridgehead atoms. The smallest absolute Gasteiger partial charge is 0.244 e. The van der Waals surface area contributed by atoms with Gasteiger partial charge in [0.1, 0.15) is 0 Å². The van der Waals surface area contributed by atoms with Crippen molar-refractivity contribution in [2.75, 3.05) is 17.2 Å². The van der Waals surface area contributed by atoms with E-state index in [2.05, 4.69) is 25.8 Å². The van der Waals surface area contributed by atoms with Gasteiger partial charge in [-0.2, -0.15) is 10.1 Å². The van der Waals surface area contributed by atoms with Crippen molar-refractivity contribution < 1.29 is 0 Å². The highest BCUT2D eigenvalue weighted by molar-refractivity contribution is 6.35. The van der Waals surface area contributed by atoms with Crippen molar-refractivity contribution >= 4 is 40.7 Å². The highest BCUT2D eigenvalue weighted by Crippen LogP contribution is 2.21. The molecule has 2 N–H and O–H groups in total. The quantitative estimate of drug-likeness (QED) is 0.644. The fourth-order valence-corrected chi connectivity index (χ4v) is 2.83. The molecule has 5 nitrogen and oxygen atoms in total. The Bertz CT molecular complexity index is 870. The van der Waals surface area contributed by atoms with E-state index in [9.17, 15) is 0 Å². The SMILES string of the molecule is Cc1ccccc1Nc1cnnc(NCCc2ccc(Cl)cc2Cl)n1. The van der Waals surface area contributed by atoms with Crippen LogP contribution in [0.1, 0.15) is 11.1 Å². The normalized spacial score (nSPS) is 10.5. The summed E-state index contributed by atoms with van der Waals surface area (Å²) in [5.74, 6) is 1.10. The number of para-hydroxylation sites is 1. The fourth-order valence-electron chi connectivity index (χ4n) is 2.32. The van der Waals surface area contributed by atoms with Gasteiger partial charge in [0.15, 0.2) is 5.82 Å². The maximum Gasteiger partial charge on any atom is 0.244 e. The Morgan fingerprint density at radius 2 is 1.92 bits per heavy atom. The molecule has 0 amide bonds. The lowest BCUT2D eigenvalue weighted by Gasteiger charge is -2.10. The van der Waals surface area contributed by atoms with Crippen LogP contribution < -0.4 is 10.6 Å². The number of nitrogens with zero attached hydrogens (tertiary/aromatic N) is 3. The molecule has 1 aromatic heterocycles. The Labute approximate surface area is 156 Å². The van der Waals surface area contributed by atoms with Crippen LogP contribution in [0.25, 0.3) is 0 Å². The van der Waals surface area contributed by atoms with Gasteiger partial charge in [0.2, 0.25) is 5.95 Å². The second-order valence-corrected chi connectivity index (χ2v) is 6.36. The first-order valence-corrected chi connectivity index (χ1v) is 8.57. The first-order valence-electron chi connectivity index (χ1n) is 7.82. The number of aromatic nitrogens is 3.